The summed E-state index contributed by atoms with van der Waals surface area (Å²) in [6.45, 7) is 12.7. The average Bonchev–Trinajstić information content (AvgIpc) is 2.83. The summed E-state index contributed by atoms with van der Waals surface area (Å²) >= 11 is 0. The number of para-hydroxylation sites is 1. The molecule has 0 aliphatic carbocycles. The zero-order valence-electron chi connectivity index (χ0n) is 22.5. The second kappa shape index (κ2) is 15.7. The van der Waals surface area contributed by atoms with Crippen molar-refractivity contribution in [3.05, 3.63) is 77.2 Å². The van der Waals surface area contributed by atoms with E-state index in [1.54, 1.807) is 6.08 Å². The van der Waals surface area contributed by atoms with Crippen LogP contribution in [0.25, 0.3) is 0 Å². The van der Waals surface area contributed by atoms with E-state index >= 15 is 0 Å². The van der Waals surface area contributed by atoms with Crippen molar-refractivity contribution in [2.45, 2.75) is 67.2 Å². The Morgan fingerprint density at radius 1 is 1.11 bits per heavy atom. The van der Waals surface area contributed by atoms with Gasteiger partial charge in [-0.3, -0.25) is 15.0 Å². The van der Waals surface area contributed by atoms with Crippen LogP contribution in [0.5, 0.6) is 0 Å². The number of amides is 1. The molecule has 0 bridgehead atoms. The maximum atomic E-state index is 13.0. The van der Waals surface area contributed by atoms with Gasteiger partial charge >= 0.3 is 0 Å². The lowest BCUT2D eigenvalue weighted by Crippen LogP contribution is -2.30. The zero-order valence-corrected chi connectivity index (χ0v) is 22.5. The van der Waals surface area contributed by atoms with E-state index in [-0.39, 0.29) is 11.3 Å². The predicted molar refractivity (Wildman–Crippen MR) is 148 cm³/mol. The number of hydroxylamine groups is 1. The molecule has 1 aromatic rings. The lowest BCUT2D eigenvalue weighted by atomic mass is 9.89. The van der Waals surface area contributed by atoms with Gasteiger partial charge in [0.1, 0.15) is 5.82 Å². The SMILES string of the molecule is C\C=C/C(=C\C(=C\CCC)C(=O)NOCC(C)(C)CCC)C(=N)/C(C)=C(/NC)Nc1ccccc1. The number of allylic oxidation sites excluding steroid dienone is 5. The molecule has 6 heteroatoms. The first-order chi connectivity index (χ1) is 16.7. The Hall–Kier alpha value is -3.12. The predicted octanol–water partition coefficient (Wildman–Crippen LogP) is 6.67. The van der Waals surface area contributed by atoms with Crippen LogP contribution in [-0.2, 0) is 9.63 Å². The fraction of sp³-hybridized carbons (Fsp3) is 0.448. The fourth-order valence-corrected chi connectivity index (χ4v) is 3.52. The Labute approximate surface area is 212 Å². The van der Waals surface area contributed by atoms with Crippen LogP contribution in [0, 0.1) is 10.8 Å². The summed E-state index contributed by atoms with van der Waals surface area (Å²) in [4.78, 5) is 18.6. The van der Waals surface area contributed by atoms with E-state index in [0.29, 0.717) is 23.5 Å². The number of nitrogens with one attached hydrogen (secondary N) is 4. The van der Waals surface area contributed by atoms with Crippen molar-refractivity contribution in [2.24, 2.45) is 5.41 Å². The van der Waals surface area contributed by atoms with E-state index in [9.17, 15) is 4.79 Å². The summed E-state index contributed by atoms with van der Waals surface area (Å²) in [5, 5.41) is 15.4. The molecule has 4 N–H and O–H groups in total. The zero-order chi connectivity index (χ0) is 26.3. The summed E-state index contributed by atoms with van der Waals surface area (Å²) in [5.74, 6) is 0.417. The molecule has 192 valence electrons. The Balaban J connectivity index is 3.19. The average molecular weight is 481 g/mol. The van der Waals surface area contributed by atoms with Gasteiger partial charge in [0.05, 0.1) is 12.3 Å². The minimum Gasteiger partial charge on any atom is -0.374 e. The van der Waals surface area contributed by atoms with Crippen LogP contribution in [0.4, 0.5) is 5.69 Å². The normalized spacial score (nSPS) is 13.5. The van der Waals surface area contributed by atoms with Gasteiger partial charge in [-0.15, -0.1) is 0 Å². The lowest BCUT2D eigenvalue weighted by molar-refractivity contribution is -0.131. The molecule has 1 aromatic carbocycles. The maximum Gasteiger partial charge on any atom is 0.274 e. The summed E-state index contributed by atoms with van der Waals surface area (Å²) in [7, 11) is 1.82. The van der Waals surface area contributed by atoms with E-state index in [0.717, 1.165) is 42.8 Å². The van der Waals surface area contributed by atoms with Crippen LogP contribution in [0.15, 0.2) is 77.2 Å². The minimum absolute atomic E-state index is 0.0133. The van der Waals surface area contributed by atoms with Crippen LogP contribution < -0.4 is 16.1 Å². The molecule has 0 aromatic heterocycles. The topological polar surface area (TPSA) is 86.2 Å². The number of hydrogen-bond acceptors (Lipinski definition) is 5. The molecular formula is C29H44N4O2. The van der Waals surface area contributed by atoms with E-state index in [4.69, 9.17) is 10.2 Å². The van der Waals surface area contributed by atoms with Crippen LogP contribution in [0.3, 0.4) is 0 Å². The third kappa shape index (κ3) is 10.8. The largest absolute Gasteiger partial charge is 0.374 e. The molecule has 6 nitrogen and oxygen atoms in total. The quantitative estimate of drug-likeness (QED) is 0.0977. The molecule has 1 amide bonds. The van der Waals surface area contributed by atoms with Crippen LogP contribution >= 0.6 is 0 Å². The Kier molecular flexibility index (Phi) is 13.4. The smallest absolute Gasteiger partial charge is 0.274 e. The molecule has 0 aliphatic rings. The van der Waals surface area contributed by atoms with Gasteiger partial charge in [0.2, 0.25) is 0 Å². The number of carbonyl (C=O) groups excluding carboxylic acids is 1. The van der Waals surface area contributed by atoms with E-state index < -0.39 is 0 Å². The van der Waals surface area contributed by atoms with Crippen LogP contribution in [-0.4, -0.2) is 25.3 Å². The van der Waals surface area contributed by atoms with Gasteiger partial charge in [0, 0.05) is 29.5 Å². The van der Waals surface area contributed by atoms with Gasteiger partial charge in [0.15, 0.2) is 0 Å². The van der Waals surface area contributed by atoms with Gasteiger partial charge in [0.25, 0.3) is 5.91 Å². The van der Waals surface area contributed by atoms with E-state index in [2.05, 4.69) is 43.8 Å². The molecule has 0 saturated carbocycles. The van der Waals surface area contributed by atoms with Gasteiger partial charge in [-0.25, -0.2) is 5.48 Å². The van der Waals surface area contributed by atoms with Crippen molar-refractivity contribution in [3.8, 4) is 0 Å². The standard InChI is InChI=1S/C29H44N4O2/c1-8-11-16-24(28(34)33-35-21-29(5,6)19-10-3)20-23(15-9-2)26(30)22(4)27(31-7)32-25-17-13-12-14-18-25/h9,12-18,20,30-32H,8,10-11,19,21H2,1-7H3,(H,33,34)/b15-9-,23-20+,24-16-,27-22-,30-26?. The molecule has 0 spiro atoms. The highest BCUT2D eigenvalue weighted by molar-refractivity contribution is 6.13. The van der Waals surface area contributed by atoms with E-state index in [1.165, 1.54) is 0 Å². The first-order valence-corrected chi connectivity index (χ1v) is 12.5. The van der Waals surface area contributed by atoms with E-state index in [1.807, 2.05) is 69.5 Å². The summed E-state index contributed by atoms with van der Waals surface area (Å²) < 4.78 is 0. The first-order valence-electron chi connectivity index (χ1n) is 12.5. The molecule has 0 heterocycles. The molecule has 0 aliphatic heterocycles. The molecule has 0 atom stereocenters. The lowest BCUT2D eigenvalue weighted by Gasteiger charge is -2.23. The van der Waals surface area contributed by atoms with Gasteiger partial charge in [-0.05, 0) is 50.3 Å². The Bertz CT molecular complexity index is 941. The third-order valence-electron chi connectivity index (χ3n) is 5.46. The highest BCUT2D eigenvalue weighted by atomic mass is 16.7. The van der Waals surface area contributed by atoms with Crippen molar-refractivity contribution in [1.29, 1.82) is 5.41 Å². The number of benzene rings is 1. The second-order valence-electron chi connectivity index (χ2n) is 9.30. The highest BCUT2D eigenvalue weighted by Gasteiger charge is 2.19. The van der Waals surface area contributed by atoms with Gasteiger partial charge < -0.3 is 10.6 Å². The molecular weight excluding hydrogens is 436 g/mol. The second-order valence-corrected chi connectivity index (χ2v) is 9.30. The highest BCUT2D eigenvalue weighted by Crippen LogP contribution is 2.22. The molecule has 0 radical (unpaired) electrons. The van der Waals surface area contributed by atoms with Crippen LogP contribution in [0.2, 0.25) is 0 Å². The van der Waals surface area contributed by atoms with Crippen molar-refractivity contribution in [1.82, 2.24) is 10.8 Å². The molecule has 1 rings (SSSR count). The summed E-state index contributed by atoms with van der Waals surface area (Å²) in [6, 6.07) is 9.80. The molecule has 0 saturated heterocycles. The van der Waals surface area contributed by atoms with Crippen molar-refractivity contribution in [3.63, 3.8) is 0 Å². The van der Waals surface area contributed by atoms with Crippen molar-refractivity contribution < 1.29 is 9.63 Å². The Morgan fingerprint density at radius 2 is 1.80 bits per heavy atom. The third-order valence-corrected chi connectivity index (χ3v) is 5.46. The molecule has 0 unspecified atom stereocenters. The summed E-state index contributed by atoms with van der Waals surface area (Å²) in [6.07, 6.45) is 11.1. The minimum atomic E-state index is -0.307. The maximum absolute atomic E-state index is 13.0. The molecule has 35 heavy (non-hydrogen) atoms. The Morgan fingerprint density at radius 3 is 2.37 bits per heavy atom. The molecule has 0 fully saturated rings. The van der Waals surface area contributed by atoms with Gasteiger partial charge in [-0.1, -0.05) is 77.0 Å². The summed E-state index contributed by atoms with van der Waals surface area (Å²) in [5.41, 5.74) is 5.68. The number of anilines is 1. The first kappa shape index (κ1) is 29.9. The van der Waals surface area contributed by atoms with Crippen molar-refractivity contribution >= 4 is 17.3 Å². The number of carbonyl (C=O) groups is 1. The monoisotopic (exact) mass is 480 g/mol. The number of hydrogen-bond donors (Lipinski definition) is 4. The van der Waals surface area contributed by atoms with Crippen LogP contribution in [0.1, 0.15) is 67.2 Å². The fourth-order valence-electron chi connectivity index (χ4n) is 3.52. The van der Waals surface area contributed by atoms with Gasteiger partial charge in [-0.2, -0.15) is 0 Å². The number of rotatable bonds is 15. The number of unbranched alkanes of at least 4 members (excludes halogenated alkanes) is 1. The van der Waals surface area contributed by atoms with Crippen molar-refractivity contribution in [2.75, 3.05) is 19.0 Å².